The summed E-state index contributed by atoms with van der Waals surface area (Å²) in [4.78, 5) is 23.1. The van der Waals surface area contributed by atoms with Crippen LogP contribution in [-0.2, 0) is 19.6 Å². The minimum atomic E-state index is -3.64. The van der Waals surface area contributed by atoms with Gasteiger partial charge in [-0.1, -0.05) is 0 Å². The number of rotatable bonds is 5. The van der Waals surface area contributed by atoms with Crippen LogP contribution in [0.1, 0.15) is 19.3 Å². The van der Waals surface area contributed by atoms with Crippen LogP contribution in [-0.4, -0.2) is 31.7 Å². The third-order valence-corrected chi connectivity index (χ3v) is 4.28. The predicted molar refractivity (Wildman–Crippen MR) is 82.0 cm³/mol. The molecule has 9 heteroatoms. The molecule has 0 aliphatic heterocycles. The first-order valence-electron chi connectivity index (χ1n) is 6.96. The maximum Gasteiger partial charge on any atom is 0.306 e. The number of amides is 1. The number of halogens is 1. The van der Waals surface area contributed by atoms with E-state index in [-0.39, 0.29) is 17.8 Å². The van der Waals surface area contributed by atoms with Crippen LogP contribution in [0.25, 0.3) is 0 Å². The van der Waals surface area contributed by atoms with E-state index in [0.29, 0.717) is 12.8 Å². The molecule has 0 saturated heterocycles. The third-order valence-electron chi connectivity index (χ3n) is 3.69. The average Bonchev–Trinajstić information content (AvgIpc) is 2.90. The molecule has 1 aromatic rings. The van der Waals surface area contributed by atoms with Crippen molar-refractivity contribution in [2.45, 2.75) is 19.3 Å². The average molecular weight is 344 g/mol. The Morgan fingerprint density at radius 3 is 2.43 bits per heavy atom. The zero-order valence-electron chi connectivity index (χ0n) is 12.4. The van der Waals surface area contributed by atoms with Crippen molar-refractivity contribution in [2.75, 3.05) is 16.3 Å². The number of hydrogen-bond donors (Lipinski definition) is 3. The van der Waals surface area contributed by atoms with Gasteiger partial charge in [0.15, 0.2) is 0 Å². The second-order valence-corrected chi connectivity index (χ2v) is 7.35. The number of hydrogen-bond acceptors (Lipinski definition) is 4. The van der Waals surface area contributed by atoms with Gasteiger partial charge < -0.3 is 10.4 Å². The van der Waals surface area contributed by atoms with Crippen LogP contribution in [0.15, 0.2) is 18.2 Å². The Hall–Kier alpha value is -2.16. The second-order valence-electron chi connectivity index (χ2n) is 5.60. The quantitative estimate of drug-likeness (QED) is 0.751. The molecule has 0 aromatic heterocycles. The van der Waals surface area contributed by atoms with Crippen molar-refractivity contribution >= 4 is 33.3 Å². The molecule has 126 valence electrons. The fraction of sp³-hybridized carbons (Fsp3) is 0.429. The highest BCUT2D eigenvalue weighted by molar-refractivity contribution is 7.92. The first-order chi connectivity index (χ1) is 10.7. The molecule has 3 N–H and O–H groups in total. The molecular weight excluding hydrogens is 327 g/mol. The fourth-order valence-electron chi connectivity index (χ4n) is 2.59. The molecule has 1 aromatic carbocycles. The molecule has 1 fully saturated rings. The van der Waals surface area contributed by atoms with Gasteiger partial charge in [-0.05, 0) is 31.4 Å². The summed E-state index contributed by atoms with van der Waals surface area (Å²) in [6, 6.07) is 3.31. The Morgan fingerprint density at radius 2 is 1.87 bits per heavy atom. The number of carbonyl (C=O) groups is 2. The minimum Gasteiger partial charge on any atom is -0.481 e. The first kappa shape index (κ1) is 17.2. The normalized spacial score (nSPS) is 21.0. The predicted octanol–water partition coefficient (Wildman–Crippen LogP) is 1.64. The zero-order valence-corrected chi connectivity index (χ0v) is 13.2. The second kappa shape index (κ2) is 6.53. The number of aliphatic carboxylic acids is 1. The van der Waals surface area contributed by atoms with E-state index in [1.807, 2.05) is 0 Å². The van der Waals surface area contributed by atoms with Crippen LogP contribution in [0.3, 0.4) is 0 Å². The monoisotopic (exact) mass is 344 g/mol. The van der Waals surface area contributed by atoms with Gasteiger partial charge in [-0.15, -0.1) is 0 Å². The molecule has 1 aliphatic rings. The number of carbonyl (C=O) groups excluding carboxylic acids is 1. The number of carboxylic acids is 1. The lowest BCUT2D eigenvalue weighted by molar-refractivity contribution is -0.141. The van der Waals surface area contributed by atoms with Crippen LogP contribution in [0.4, 0.5) is 15.8 Å². The van der Waals surface area contributed by atoms with Crippen LogP contribution < -0.4 is 10.0 Å². The summed E-state index contributed by atoms with van der Waals surface area (Å²) in [5.74, 6) is -3.00. The van der Waals surface area contributed by atoms with Crippen molar-refractivity contribution in [3.05, 3.63) is 24.0 Å². The number of sulfonamides is 1. The smallest absolute Gasteiger partial charge is 0.306 e. The van der Waals surface area contributed by atoms with Gasteiger partial charge in [0.05, 0.1) is 23.5 Å². The Labute approximate surface area is 132 Å². The minimum absolute atomic E-state index is 0.0753. The Balaban J connectivity index is 2.14. The van der Waals surface area contributed by atoms with Crippen LogP contribution in [0.2, 0.25) is 0 Å². The van der Waals surface area contributed by atoms with Gasteiger partial charge in [0.25, 0.3) is 0 Å². The van der Waals surface area contributed by atoms with E-state index in [0.717, 1.165) is 18.4 Å². The number of nitrogens with one attached hydrogen (secondary N) is 2. The lowest BCUT2D eigenvalue weighted by Gasteiger charge is -2.15. The summed E-state index contributed by atoms with van der Waals surface area (Å²) in [5.41, 5.74) is 0.0502. The van der Waals surface area contributed by atoms with Gasteiger partial charge >= 0.3 is 5.97 Å². The van der Waals surface area contributed by atoms with Gasteiger partial charge in [0.1, 0.15) is 5.82 Å². The molecule has 0 radical (unpaired) electrons. The SMILES string of the molecule is CS(=O)(=O)Nc1cc(F)ccc1NC(=O)[C@@H]1CC[C@H](C(=O)O)C1. The maximum atomic E-state index is 13.3. The van der Waals surface area contributed by atoms with E-state index in [2.05, 4.69) is 10.0 Å². The van der Waals surface area contributed by atoms with Crippen molar-refractivity contribution < 1.29 is 27.5 Å². The summed E-state index contributed by atoms with van der Waals surface area (Å²) in [6.45, 7) is 0. The van der Waals surface area contributed by atoms with Gasteiger partial charge in [-0.2, -0.15) is 0 Å². The van der Waals surface area contributed by atoms with Crippen molar-refractivity contribution in [3.8, 4) is 0 Å². The van der Waals surface area contributed by atoms with E-state index in [4.69, 9.17) is 5.11 Å². The fourth-order valence-corrected chi connectivity index (χ4v) is 3.16. The molecule has 0 bridgehead atoms. The molecule has 0 heterocycles. The lowest BCUT2D eigenvalue weighted by Crippen LogP contribution is -2.23. The van der Waals surface area contributed by atoms with E-state index in [1.54, 1.807) is 0 Å². The van der Waals surface area contributed by atoms with E-state index in [9.17, 15) is 22.4 Å². The standard InChI is InChI=1S/C14H17FN2O5S/c1-23(21,22)17-12-7-10(15)4-5-11(12)16-13(18)8-2-3-9(6-8)14(19)20/h4-5,7-9,17H,2-3,6H2,1H3,(H,16,18)(H,19,20)/t8-,9+/m1/s1. The van der Waals surface area contributed by atoms with E-state index >= 15 is 0 Å². The molecule has 1 amide bonds. The maximum absolute atomic E-state index is 13.3. The largest absolute Gasteiger partial charge is 0.481 e. The molecule has 1 aliphatic carbocycles. The van der Waals surface area contributed by atoms with Crippen LogP contribution in [0.5, 0.6) is 0 Å². The summed E-state index contributed by atoms with van der Waals surface area (Å²) in [7, 11) is -3.64. The topological polar surface area (TPSA) is 113 Å². The summed E-state index contributed by atoms with van der Waals surface area (Å²) < 4.78 is 38.1. The number of carboxylic acid groups (broad SMARTS) is 1. The number of benzene rings is 1. The third kappa shape index (κ3) is 4.65. The molecule has 23 heavy (non-hydrogen) atoms. The van der Waals surface area contributed by atoms with E-state index < -0.39 is 39.6 Å². The molecule has 2 rings (SSSR count). The highest BCUT2D eigenvalue weighted by Gasteiger charge is 2.34. The van der Waals surface area contributed by atoms with Gasteiger partial charge in [-0.25, -0.2) is 12.8 Å². The summed E-state index contributed by atoms with van der Waals surface area (Å²) in [6.07, 6.45) is 2.01. The number of anilines is 2. The molecular formula is C14H17FN2O5S. The first-order valence-corrected chi connectivity index (χ1v) is 8.86. The Bertz CT molecular complexity index is 735. The Kier molecular flexibility index (Phi) is 4.88. The van der Waals surface area contributed by atoms with Crippen molar-refractivity contribution in [1.82, 2.24) is 0 Å². The van der Waals surface area contributed by atoms with Crippen molar-refractivity contribution in [1.29, 1.82) is 0 Å². The zero-order chi connectivity index (χ0) is 17.2. The molecule has 7 nitrogen and oxygen atoms in total. The van der Waals surface area contributed by atoms with Crippen molar-refractivity contribution in [2.24, 2.45) is 11.8 Å². The Morgan fingerprint density at radius 1 is 1.22 bits per heavy atom. The van der Waals surface area contributed by atoms with Crippen molar-refractivity contribution in [3.63, 3.8) is 0 Å². The van der Waals surface area contributed by atoms with Gasteiger partial charge in [0.2, 0.25) is 15.9 Å². The molecule has 1 saturated carbocycles. The summed E-state index contributed by atoms with van der Waals surface area (Å²) >= 11 is 0. The van der Waals surface area contributed by atoms with Crippen LogP contribution in [0, 0.1) is 17.7 Å². The summed E-state index contributed by atoms with van der Waals surface area (Å²) in [5, 5.41) is 11.5. The highest BCUT2D eigenvalue weighted by Crippen LogP contribution is 2.33. The molecule has 0 spiro atoms. The van der Waals surface area contributed by atoms with Gasteiger partial charge in [-0.3, -0.25) is 14.3 Å². The molecule has 2 atom stereocenters. The van der Waals surface area contributed by atoms with E-state index in [1.165, 1.54) is 6.07 Å². The highest BCUT2D eigenvalue weighted by atomic mass is 32.2. The lowest BCUT2D eigenvalue weighted by atomic mass is 10.0. The van der Waals surface area contributed by atoms with Gasteiger partial charge in [0, 0.05) is 12.0 Å². The van der Waals surface area contributed by atoms with Crippen LogP contribution >= 0.6 is 0 Å². The molecule has 0 unspecified atom stereocenters.